The summed E-state index contributed by atoms with van der Waals surface area (Å²) in [6, 6.07) is 12.9. The number of unbranched alkanes of at least 4 members (excludes halogenated alkanes) is 2. The number of nitrogens with one attached hydrogen (secondary N) is 1. The lowest BCUT2D eigenvalue weighted by atomic mass is 10.1. The van der Waals surface area contributed by atoms with Crippen molar-refractivity contribution in [2.45, 2.75) is 78.7 Å². The topological polar surface area (TPSA) is 90.1 Å². The quantitative estimate of drug-likeness (QED) is 0.346. The summed E-state index contributed by atoms with van der Waals surface area (Å²) in [5.74, 6) is 3.10. The Morgan fingerprint density at radius 2 is 1.70 bits per heavy atom. The monoisotopic (exact) mass is 446 g/mol. The van der Waals surface area contributed by atoms with Crippen LogP contribution in [-0.4, -0.2) is 40.0 Å². The van der Waals surface area contributed by atoms with Gasteiger partial charge in [-0.1, -0.05) is 52.7 Å². The van der Waals surface area contributed by atoms with Crippen LogP contribution < -0.4 is 0 Å². The summed E-state index contributed by atoms with van der Waals surface area (Å²) in [5.41, 5.74) is 4.47. The molecule has 0 saturated carbocycles. The van der Waals surface area contributed by atoms with Gasteiger partial charge in [-0.15, -0.1) is 5.10 Å². The van der Waals surface area contributed by atoms with Crippen LogP contribution in [0.3, 0.4) is 0 Å². The van der Waals surface area contributed by atoms with Crippen LogP contribution in [0.1, 0.15) is 82.2 Å². The molecule has 3 aromatic heterocycles. The fourth-order valence-electron chi connectivity index (χ4n) is 4.08. The zero-order valence-electron chi connectivity index (χ0n) is 20.1. The van der Waals surface area contributed by atoms with Gasteiger partial charge in [0.25, 0.3) is 0 Å². The van der Waals surface area contributed by atoms with Crippen LogP contribution in [0.15, 0.2) is 36.4 Å². The molecule has 0 unspecified atom stereocenters. The largest absolute Gasteiger partial charge is 0.310 e. The Balaban J connectivity index is 1.60. The van der Waals surface area contributed by atoms with E-state index in [1.165, 1.54) is 11.3 Å². The number of aromatic nitrogens is 8. The highest BCUT2D eigenvalue weighted by molar-refractivity contribution is 5.57. The SMILES string of the molecule is CCCCc1nc(CCCC)n(Cc2ccc(-n3c(-c4nnn[nH]4)ccc3C(C)C)cc2)n1. The first kappa shape index (κ1) is 22.9. The second-order valence-electron chi connectivity index (χ2n) is 8.86. The molecule has 4 aromatic rings. The van der Waals surface area contributed by atoms with E-state index in [4.69, 9.17) is 10.1 Å². The van der Waals surface area contributed by atoms with Gasteiger partial charge in [-0.25, -0.2) is 14.8 Å². The molecule has 0 fully saturated rings. The molecule has 0 radical (unpaired) electrons. The molecule has 174 valence electrons. The molecule has 1 N–H and O–H groups in total. The van der Waals surface area contributed by atoms with Gasteiger partial charge in [0.2, 0.25) is 0 Å². The summed E-state index contributed by atoms with van der Waals surface area (Å²) in [6.45, 7) is 9.55. The van der Waals surface area contributed by atoms with E-state index in [9.17, 15) is 0 Å². The standard InChI is InChI=1S/C25H34N8/c1-5-7-9-23-26-24(10-8-6-2)32(29-23)17-19-11-13-20(14-12-19)33-21(18(3)4)15-16-22(33)25-27-30-31-28-25/h11-16,18H,5-10,17H2,1-4H3,(H,27,28,30,31). The molecule has 4 rings (SSSR count). The number of rotatable bonds is 11. The van der Waals surface area contributed by atoms with Crippen LogP contribution in [0.2, 0.25) is 0 Å². The van der Waals surface area contributed by atoms with Gasteiger partial charge in [-0.05, 0) is 59.0 Å². The highest BCUT2D eigenvalue weighted by atomic mass is 15.5. The average molecular weight is 447 g/mol. The van der Waals surface area contributed by atoms with Crippen molar-refractivity contribution in [2.75, 3.05) is 0 Å². The van der Waals surface area contributed by atoms with E-state index in [1.807, 2.05) is 0 Å². The molecule has 0 spiro atoms. The van der Waals surface area contributed by atoms with E-state index in [-0.39, 0.29) is 0 Å². The van der Waals surface area contributed by atoms with Gasteiger partial charge in [0.05, 0.1) is 12.2 Å². The minimum atomic E-state index is 0.368. The molecular formula is C25H34N8. The van der Waals surface area contributed by atoms with E-state index in [2.05, 4.69) is 94.0 Å². The number of hydrogen-bond donors (Lipinski definition) is 1. The lowest BCUT2D eigenvalue weighted by Crippen LogP contribution is -2.08. The number of hydrogen-bond acceptors (Lipinski definition) is 5. The van der Waals surface area contributed by atoms with Crippen LogP contribution in [0.4, 0.5) is 0 Å². The smallest absolute Gasteiger partial charge is 0.196 e. The van der Waals surface area contributed by atoms with Crippen LogP contribution in [0, 0.1) is 0 Å². The fourth-order valence-corrected chi connectivity index (χ4v) is 4.08. The lowest BCUT2D eigenvalue weighted by molar-refractivity contribution is 0.612. The predicted octanol–water partition coefficient (Wildman–Crippen LogP) is 5.11. The van der Waals surface area contributed by atoms with Gasteiger partial charge in [-0.2, -0.15) is 5.10 Å². The molecule has 8 heteroatoms. The van der Waals surface area contributed by atoms with Crippen molar-refractivity contribution in [3.63, 3.8) is 0 Å². The van der Waals surface area contributed by atoms with Gasteiger partial charge >= 0.3 is 0 Å². The third kappa shape index (κ3) is 5.21. The normalized spacial score (nSPS) is 11.5. The highest BCUT2D eigenvalue weighted by Gasteiger charge is 2.17. The molecule has 0 aliphatic heterocycles. The predicted molar refractivity (Wildman–Crippen MR) is 129 cm³/mol. The van der Waals surface area contributed by atoms with Crippen molar-refractivity contribution in [1.82, 2.24) is 40.0 Å². The third-order valence-electron chi connectivity index (χ3n) is 5.92. The maximum Gasteiger partial charge on any atom is 0.196 e. The zero-order valence-corrected chi connectivity index (χ0v) is 20.1. The minimum absolute atomic E-state index is 0.368. The Morgan fingerprint density at radius 3 is 2.36 bits per heavy atom. The Labute approximate surface area is 195 Å². The first-order valence-electron chi connectivity index (χ1n) is 12.1. The van der Waals surface area contributed by atoms with Crippen molar-refractivity contribution in [2.24, 2.45) is 0 Å². The zero-order chi connectivity index (χ0) is 23.2. The number of nitrogens with zero attached hydrogens (tertiary/aromatic N) is 7. The minimum Gasteiger partial charge on any atom is -0.310 e. The highest BCUT2D eigenvalue weighted by Crippen LogP contribution is 2.28. The Kier molecular flexibility index (Phi) is 7.32. The second-order valence-corrected chi connectivity index (χ2v) is 8.86. The molecule has 8 nitrogen and oxygen atoms in total. The van der Waals surface area contributed by atoms with Crippen molar-refractivity contribution >= 4 is 0 Å². The van der Waals surface area contributed by atoms with Crippen molar-refractivity contribution in [1.29, 1.82) is 0 Å². The Bertz CT molecular complexity index is 1140. The number of tetrazole rings is 1. The van der Waals surface area contributed by atoms with E-state index >= 15 is 0 Å². The summed E-state index contributed by atoms with van der Waals surface area (Å²) in [6.07, 6.45) is 6.50. The lowest BCUT2D eigenvalue weighted by Gasteiger charge is -2.15. The van der Waals surface area contributed by atoms with Crippen LogP contribution in [-0.2, 0) is 19.4 Å². The summed E-state index contributed by atoms with van der Waals surface area (Å²) in [4.78, 5) is 4.84. The molecule has 0 bridgehead atoms. The van der Waals surface area contributed by atoms with Crippen molar-refractivity contribution < 1.29 is 0 Å². The van der Waals surface area contributed by atoms with Crippen molar-refractivity contribution in [3.05, 3.63) is 59.3 Å². The second kappa shape index (κ2) is 10.6. The maximum absolute atomic E-state index is 4.84. The van der Waals surface area contributed by atoms with Gasteiger partial charge in [0.1, 0.15) is 5.82 Å². The average Bonchev–Trinajstić information content (AvgIpc) is 3.56. The molecule has 1 aromatic carbocycles. The van der Waals surface area contributed by atoms with E-state index in [1.54, 1.807) is 0 Å². The molecule has 3 heterocycles. The number of H-pyrrole nitrogens is 1. The van der Waals surface area contributed by atoms with Crippen LogP contribution in [0.25, 0.3) is 17.2 Å². The summed E-state index contributed by atoms with van der Waals surface area (Å²) < 4.78 is 4.32. The number of aryl methyl sites for hydroxylation is 2. The first-order valence-corrected chi connectivity index (χ1v) is 12.1. The third-order valence-corrected chi connectivity index (χ3v) is 5.92. The van der Waals surface area contributed by atoms with Crippen molar-refractivity contribution in [3.8, 4) is 17.2 Å². The molecule has 0 aliphatic rings. The van der Waals surface area contributed by atoms with Crippen LogP contribution >= 0.6 is 0 Å². The number of aromatic amines is 1. The Morgan fingerprint density at radius 1 is 0.939 bits per heavy atom. The van der Waals surface area contributed by atoms with E-state index in [0.29, 0.717) is 11.7 Å². The number of benzene rings is 1. The molecule has 0 aliphatic carbocycles. The van der Waals surface area contributed by atoms with Gasteiger partial charge in [0.15, 0.2) is 11.6 Å². The summed E-state index contributed by atoms with van der Waals surface area (Å²) in [7, 11) is 0. The summed E-state index contributed by atoms with van der Waals surface area (Å²) >= 11 is 0. The molecular weight excluding hydrogens is 412 g/mol. The van der Waals surface area contributed by atoms with Gasteiger partial charge in [0, 0.05) is 24.2 Å². The fraction of sp³-hybridized carbons (Fsp3) is 0.480. The summed E-state index contributed by atoms with van der Waals surface area (Å²) in [5, 5.41) is 19.3. The Hall–Kier alpha value is -3.29. The van der Waals surface area contributed by atoms with Gasteiger partial charge < -0.3 is 4.57 Å². The van der Waals surface area contributed by atoms with E-state index < -0.39 is 0 Å². The molecule has 0 atom stereocenters. The van der Waals surface area contributed by atoms with Gasteiger partial charge in [-0.3, -0.25) is 0 Å². The molecule has 33 heavy (non-hydrogen) atoms. The first-order chi connectivity index (χ1) is 16.1. The van der Waals surface area contributed by atoms with Crippen LogP contribution in [0.5, 0.6) is 0 Å². The maximum atomic E-state index is 4.84. The molecule has 0 amide bonds. The molecule has 0 saturated heterocycles. The van der Waals surface area contributed by atoms with E-state index in [0.717, 1.165) is 68.1 Å².